The molecule has 0 saturated carbocycles. The molecule has 1 aromatic rings. The number of amides is 1. The predicted octanol–water partition coefficient (Wildman–Crippen LogP) is 3.63. The molecule has 1 amide bonds. The Morgan fingerprint density at radius 2 is 2.06 bits per heavy atom. The number of benzene rings is 1. The normalized spacial score (nSPS) is 12.2. The standard InChI is InChI=1S/C12H15BrClNO/c1-9(13)3-2-8-15-12(16)10-4-6-11(14)7-5-10/h4-7,9H,2-3,8H2,1H3,(H,15,16). The summed E-state index contributed by atoms with van der Waals surface area (Å²) in [6.45, 7) is 2.80. The third-order valence-electron chi connectivity index (χ3n) is 2.17. The summed E-state index contributed by atoms with van der Waals surface area (Å²) in [6.07, 6.45) is 2.03. The summed E-state index contributed by atoms with van der Waals surface area (Å²) in [4.78, 5) is 12.1. The summed E-state index contributed by atoms with van der Waals surface area (Å²) in [6, 6.07) is 6.89. The Bertz CT molecular complexity index is 337. The maximum atomic E-state index is 11.6. The summed E-state index contributed by atoms with van der Waals surface area (Å²) in [5, 5.41) is 3.51. The fourth-order valence-electron chi connectivity index (χ4n) is 1.29. The first-order valence-electron chi connectivity index (χ1n) is 5.27. The largest absolute Gasteiger partial charge is 0.352 e. The minimum atomic E-state index is -0.0427. The number of hydrogen-bond acceptors (Lipinski definition) is 1. The van der Waals surface area contributed by atoms with Crippen molar-refractivity contribution in [1.29, 1.82) is 0 Å². The molecule has 1 rings (SSSR count). The second kappa shape index (κ2) is 6.92. The Morgan fingerprint density at radius 3 is 2.62 bits per heavy atom. The molecule has 0 bridgehead atoms. The van der Waals surface area contributed by atoms with Crippen LogP contribution in [-0.2, 0) is 0 Å². The van der Waals surface area contributed by atoms with Crippen molar-refractivity contribution in [3.8, 4) is 0 Å². The van der Waals surface area contributed by atoms with Crippen LogP contribution in [0.25, 0.3) is 0 Å². The molecule has 0 aliphatic carbocycles. The van der Waals surface area contributed by atoms with Gasteiger partial charge >= 0.3 is 0 Å². The second-order valence-corrected chi connectivity index (χ2v) is 5.69. The number of nitrogens with one attached hydrogen (secondary N) is 1. The van der Waals surface area contributed by atoms with Crippen LogP contribution in [0.3, 0.4) is 0 Å². The molecule has 0 heterocycles. The fraction of sp³-hybridized carbons (Fsp3) is 0.417. The van der Waals surface area contributed by atoms with Crippen molar-refractivity contribution in [2.75, 3.05) is 6.54 Å². The third-order valence-corrected chi connectivity index (χ3v) is 2.88. The van der Waals surface area contributed by atoms with Gasteiger partial charge in [-0.2, -0.15) is 0 Å². The van der Waals surface area contributed by atoms with Crippen molar-refractivity contribution in [2.24, 2.45) is 0 Å². The Labute approximate surface area is 110 Å². The van der Waals surface area contributed by atoms with Gasteiger partial charge in [0.05, 0.1) is 0 Å². The smallest absolute Gasteiger partial charge is 0.251 e. The Kier molecular flexibility index (Phi) is 5.85. The average Bonchev–Trinajstić information content (AvgIpc) is 2.25. The number of halogens is 2. The minimum absolute atomic E-state index is 0.0427. The topological polar surface area (TPSA) is 29.1 Å². The number of hydrogen-bond donors (Lipinski definition) is 1. The van der Waals surface area contributed by atoms with E-state index in [9.17, 15) is 4.79 Å². The molecule has 1 aromatic carbocycles. The minimum Gasteiger partial charge on any atom is -0.352 e. The van der Waals surface area contributed by atoms with E-state index in [0.717, 1.165) is 12.8 Å². The molecule has 0 saturated heterocycles. The van der Waals surface area contributed by atoms with Crippen molar-refractivity contribution < 1.29 is 4.79 Å². The van der Waals surface area contributed by atoms with E-state index in [1.165, 1.54) is 0 Å². The maximum Gasteiger partial charge on any atom is 0.251 e. The summed E-state index contributed by atoms with van der Waals surface area (Å²) < 4.78 is 0. The Hall–Kier alpha value is -0.540. The zero-order chi connectivity index (χ0) is 12.0. The van der Waals surface area contributed by atoms with Crippen LogP contribution in [0.4, 0.5) is 0 Å². The van der Waals surface area contributed by atoms with Crippen molar-refractivity contribution in [3.05, 3.63) is 34.9 Å². The molecule has 1 unspecified atom stereocenters. The monoisotopic (exact) mass is 303 g/mol. The summed E-state index contributed by atoms with van der Waals surface area (Å²) in [5.41, 5.74) is 0.649. The highest BCUT2D eigenvalue weighted by atomic mass is 79.9. The number of alkyl halides is 1. The van der Waals surface area contributed by atoms with Gasteiger partial charge in [0.25, 0.3) is 5.91 Å². The molecule has 0 spiro atoms. The average molecular weight is 305 g/mol. The van der Waals surface area contributed by atoms with Crippen molar-refractivity contribution in [1.82, 2.24) is 5.32 Å². The quantitative estimate of drug-likeness (QED) is 0.653. The van der Waals surface area contributed by atoms with Crippen molar-refractivity contribution in [2.45, 2.75) is 24.6 Å². The van der Waals surface area contributed by atoms with E-state index < -0.39 is 0 Å². The Morgan fingerprint density at radius 1 is 1.44 bits per heavy atom. The molecule has 0 fully saturated rings. The van der Waals surface area contributed by atoms with E-state index in [4.69, 9.17) is 11.6 Å². The predicted molar refractivity (Wildman–Crippen MR) is 71.4 cm³/mol. The van der Waals surface area contributed by atoms with Gasteiger partial charge in [0.15, 0.2) is 0 Å². The van der Waals surface area contributed by atoms with Crippen LogP contribution in [0.15, 0.2) is 24.3 Å². The summed E-state index contributed by atoms with van der Waals surface area (Å²) in [5.74, 6) is -0.0427. The first-order chi connectivity index (χ1) is 7.59. The highest BCUT2D eigenvalue weighted by Gasteiger charge is 2.04. The molecule has 1 atom stereocenters. The summed E-state index contributed by atoms with van der Waals surface area (Å²) in [7, 11) is 0. The van der Waals surface area contributed by atoms with Crippen LogP contribution >= 0.6 is 27.5 Å². The lowest BCUT2D eigenvalue weighted by Gasteiger charge is -2.06. The molecule has 88 valence electrons. The van der Waals surface area contributed by atoms with Gasteiger partial charge in [0.2, 0.25) is 0 Å². The molecular weight excluding hydrogens is 289 g/mol. The van der Waals surface area contributed by atoms with Crippen LogP contribution in [0.5, 0.6) is 0 Å². The highest BCUT2D eigenvalue weighted by molar-refractivity contribution is 9.09. The zero-order valence-electron chi connectivity index (χ0n) is 9.17. The molecule has 0 radical (unpaired) electrons. The molecule has 1 N–H and O–H groups in total. The second-order valence-electron chi connectivity index (χ2n) is 3.69. The molecule has 0 aliphatic heterocycles. The van der Waals surface area contributed by atoms with E-state index in [2.05, 4.69) is 28.2 Å². The number of carbonyl (C=O) groups excluding carboxylic acids is 1. The van der Waals surface area contributed by atoms with Crippen molar-refractivity contribution in [3.63, 3.8) is 0 Å². The Balaban J connectivity index is 2.32. The molecule has 0 aliphatic rings. The van der Waals surface area contributed by atoms with Crippen LogP contribution in [0.1, 0.15) is 30.1 Å². The van der Waals surface area contributed by atoms with E-state index >= 15 is 0 Å². The van der Waals surface area contributed by atoms with Gasteiger partial charge in [-0.15, -0.1) is 0 Å². The first-order valence-corrected chi connectivity index (χ1v) is 6.57. The van der Waals surface area contributed by atoms with Crippen LogP contribution in [0, 0.1) is 0 Å². The molecule has 4 heteroatoms. The first kappa shape index (κ1) is 13.5. The SMILES string of the molecule is CC(Br)CCCNC(=O)c1ccc(Cl)cc1. The van der Waals surface area contributed by atoms with E-state index in [0.29, 0.717) is 22.0 Å². The molecule has 16 heavy (non-hydrogen) atoms. The summed E-state index contributed by atoms with van der Waals surface area (Å²) >= 11 is 9.21. The van der Waals surface area contributed by atoms with Gasteiger partial charge in [-0.3, -0.25) is 4.79 Å². The lowest BCUT2D eigenvalue weighted by molar-refractivity contribution is 0.0953. The molecule has 0 aromatic heterocycles. The number of rotatable bonds is 5. The van der Waals surface area contributed by atoms with Gasteiger partial charge in [0, 0.05) is 22.0 Å². The van der Waals surface area contributed by atoms with Crippen LogP contribution in [-0.4, -0.2) is 17.3 Å². The van der Waals surface area contributed by atoms with Crippen LogP contribution < -0.4 is 5.32 Å². The van der Waals surface area contributed by atoms with Gasteiger partial charge in [-0.1, -0.05) is 34.5 Å². The lowest BCUT2D eigenvalue weighted by atomic mass is 10.2. The van der Waals surface area contributed by atoms with E-state index in [1.54, 1.807) is 24.3 Å². The van der Waals surface area contributed by atoms with E-state index in [1.807, 2.05) is 0 Å². The molecule has 2 nitrogen and oxygen atoms in total. The van der Waals surface area contributed by atoms with Crippen molar-refractivity contribution >= 4 is 33.4 Å². The van der Waals surface area contributed by atoms with Gasteiger partial charge in [-0.05, 0) is 37.1 Å². The van der Waals surface area contributed by atoms with Gasteiger partial charge in [0.1, 0.15) is 0 Å². The number of carbonyl (C=O) groups is 1. The maximum absolute atomic E-state index is 11.6. The van der Waals surface area contributed by atoms with E-state index in [-0.39, 0.29) is 5.91 Å². The highest BCUT2D eigenvalue weighted by Crippen LogP contribution is 2.09. The lowest BCUT2D eigenvalue weighted by Crippen LogP contribution is -2.24. The van der Waals surface area contributed by atoms with Gasteiger partial charge in [-0.25, -0.2) is 0 Å². The third kappa shape index (κ3) is 4.99. The fourth-order valence-corrected chi connectivity index (χ4v) is 1.74. The molecular formula is C12H15BrClNO. The van der Waals surface area contributed by atoms with Crippen LogP contribution in [0.2, 0.25) is 5.02 Å². The van der Waals surface area contributed by atoms with Gasteiger partial charge < -0.3 is 5.32 Å². The zero-order valence-corrected chi connectivity index (χ0v) is 11.5.